The van der Waals surface area contributed by atoms with Crippen molar-refractivity contribution in [2.45, 2.75) is 46.6 Å². The average molecular weight is 397 g/mol. The highest BCUT2D eigenvalue weighted by molar-refractivity contribution is 5.95. The minimum atomic E-state index is -0.588. The molecule has 1 heterocycles. The predicted molar refractivity (Wildman–Crippen MR) is 118 cm³/mol. The molecule has 29 heavy (non-hydrogen) atoms. The van der Waals surface area contributed by atoms with Gasteiger partial charge in [-0.25, -0.2) is 0 Å². The molecule has 0 spiro atoms. The number of hydrogen-bond acceptors (Lipinski definition) is 4. The average Bonchev–Trinajstić information content (AvgIpc) is 2.71. The van der Waals surface area contributed by atoms with Crippen LogP contribution in [0.25, 0.3) is 0 Å². The molecule has 1 aliphatic heterocycles. The van der Waals surface area contributed by atoms with E-state index in [1.807, 2.05) is 32.0 Å². The molecule has 1 aliphatic rings. The van der Waals surface area contributed by atoms with E-state index >= 15 is 0 Å². The summed E-state index contributed by atoms with van der Waals surface area (Å²) in [5, 5.41) is 3.01. The number of anilines is 2. The number of carbonyl (C=O) groups is 1. The van der Waals surface area contributed by atoms with Crippen LogP contribution < -0.4 is 15.0 Å². The van der Waals surface area contributed by atoms with Gasteiger partial charge in [-0.3, -0.25) is 4.79 Å². The van der Waals surface area contributed by atoms with Crippen LogP contribution in [0.4, 0.5) is 11.4 Å². The summed E-state index contributed by atoms with van der Waals surface area (Å²) in [6, 6.07) is 12.3. The number of nitrogens with zero attached hydrogens (tertiary/aromatic N) is 1. The van der Waals surface area contributed by atoms with Gasteiger partial charge in [-0.15, -0.1) is 0 Å². The van der Waals surface area contributed by atoms with E-state index in [2.05, 4.69) is 42.3 Å². The standard InChI is InChI=1S/C24H32N2O3/c1-16(2)20-7-6-17(3)23(15-20)29-19(5)24(27)25-22-9-8-21(14-18(22)4)26-10-12-28-13-11-26/h6-9,14-16,19H,10-13H2,1-5H3,(H,25,27). The first kappa shape index (κ1) is 21.2. The van der Waals surface area contributed by atoms with Crippen LogP contribution in [-0.4, -0.2) is 38.3 Å². The van der Waals surface area contributed by atoms with Crippen molar-refractivity contribution < 1.29 is 14.3 Å². The molecule has 5 heteroatoms. The van der Waals surface area contributed by atoms with Crippen LogP contribution in [0.3, 0.4) is 0 Å². The molecule has 0 aromatic heterocycles. The van der Waals surface area contributed by atoms with E-state index in [0.717, 1.165) is 54.6 Å². The normalized spacial score (nSPS) is 15.3. The first-order valence-electron chi connectivity index (χ1n) is 10.4. The molecule has 0 bridgehead atoms. The van der Waals surface area contributed by atoms with E-state index < -0.39 is 6.10 Å². The number of aryl methyl sites for hydroxylation is 2. The molecule has 0 aliphatic carbocycles. The SMILES string of the molecule is Cc1cc(N2CCOCC2)ccc1NC(=O)C(C)Oc1cc(C(C)C)ccc1C. The number of morpholine rings is 1. The number of ether oxygens (including phenoxy) is 2. The van der Waals surface area contributed by atoms with Gasteiger partial charge >= 0.3 is 0 Å². The van der Waals surface area contributed by atoms with Gasteiger partial charge in [-0.1, -0.05) is 26.0 Å². The number of amides is 1. The third-order valence-electron chi connectivity index (χ3n) is 5.40. The molecule has 5 nitrogen and oxygen atoms in total. The van der Waals surface area contributed by atoms with E-state index in [0.29, 0.717) is 5.92 Å². The molecule has 1 saturated heterocycles. The molecule has 1 unspecified atom stereocenters. The Hall–Kier alpha value is -2.53. The number of rotatable bonds is 6. The maximum atomic E-state index is 12.7. The van der Waals surface area contributed by atoms with Gasteiger partial charge in [0.1, 0.15) is 5.75 Å². The van der Waals surface area contributed by atoms with Crippen molar-refractivity contribution in [2.24, 2.45) is 0 Å². The summed E-state index contributed by atoms with van der Waals surface area (Å²) in [7, 11) is 0. The maximum Gasteiger partial charge on any atom is 0.265 e. The third kappa shape index (κ3) is 5.30. The Morgan fingerprint density at radius 2 is 1.76 bits per heavy atom. The van der Waals surface area contributed by atoms with Crippen molar-refractivity contribution >= 4 is 17.3 Å². The highest BCUT2D eigenvalue weighted by Crippen LogP contribution is 2.26. The molecule has 1 amide bonds. The van der Waals surface area contributed by atoms with Crippen molar-refractivity contribution in [1.82, 2.24) is 0 Å². The smallest absolute Gasteiger partial charge is 0.265 e. The topological polar surface area (TPSA) is 50.8 Å². The molecule has 3 rings (SSSR count). The van der Waals surface area contributed by atoms with Gasteiger partial charge < -0.3 is 19.7 Å². The van der Waals surface area contributed by atoms with E-state index in [1.54, 1.807) is 6.92 Å². The van der Waals surface area contributed by atoms with E-state index in [-0.39, 0.29) is 5.91 Å². The molecule has 0 radical (unpaired) electrons. The Morgan fingerprint density at radius 1 is 1.03 bits per heavy atom. The fourth-order valence-electron chi connectivity index (χ4n) is 3.39. The zero-order chi connectivity index (χ0) is 21.0. The molecule has 0 saturated carbocycles. The largest absolute Gasteiger partial charge is 0.481 e. The van der Waals surface area contributed by atoms with Crippen LogP contribution in [0.5, 0.6) is 5.75 Å². The number of carbonyl (C=O) groups excluding carboxylic acids is 1. The van der Waals surface area contributed by atoms with Gasteiger partial charge in [0.05, 0.1) is 13.2 Å². The monoisotopic (exact) mass is 396 g/mol. The fraction of sp³-hybridized carbons (Fsp3) is 0.458. The van der Waals surface area contributed by atoms with E-state index in [9.17, 15) is 4.79 Å². The Labute approximate surface area is 174 Å². The lowest BCUT2D eigenvalue weighted by atomic mass is 10.0. The van der Waals surface area contributed by atoms with E-state index in [1.165, 1.54) is 5.56 Å². The second-order valence-corrected chi connectivity index (χ2v) is 8.03. The maximum absolute atomic E-state index is 12.7. The number of nitrogens with one attached hydrogen (secondary N) is 1. The highest BCUT2D eigenvalue weighted by atomic mass is 16.5. The number of hydrogen-bond donors (Lipinski definition) is 1. The summed E-state index contributed by atoms with van der Waals surface area (Å²) in [6.07, 6.45) is -0.588. The fourth-order valence-corrected chi connectivity index (χ4v) is 3.39. The Bertz CT molecular complexity index is 857. The summed E-state index contributed by atoms with van der Waals surface area (Å²) < 4.78 is 11.4. The third-order valence-corrected chi connectivity index (χ3v) is 5.40. The summed E-state index contributed by atoms with van der Waals surface area (Å²) >= 11 is 0. The van der Waals surface area contributed by atoms with Gasteiger partial charge in [0.2, 0.25) is 0 Å². The van der Waals surface area contributed by atoms with Gasteiger partial charge in [-0.05, 0) is 67.6 Å². The first-order chi connectivity index (χ1) is 13.8. The van der Waals surface area contributed by atoms with Crippen molar-refractivity contribution in [2.75, 3.05) is 36.5 Å². The Kier molecular flexibility index (Phi) is 6.80. The van der Waals surface area contributed by atoms with Crippen LogP contribution in [0.2, 0.25) is 0 Å². The van der Waals surface area contributed by atoms with Gasteiger partial charge in [0.15, 0.2) is 6.10 Å². The minimum absolute atomic E-state index is 0.151. The van der Waals surface area contributed by atoms with Crippen LogP contribution in [0.15, 0.2) is 36.4 Å². The van der Waals surface area contributed by atoms with Crippen molar-refractivity contribution in [3.8, 4) is 5.75 Å². The molecule has 1 atom stereocenters. The minimum Gasteiger partial charge on any atom is -0.481 e. The molecular formula is C24H32N2O3. The zero-order valence-electron chi connectivity index (χ0n) is 18.1. The zero-order valence-corrected chi connectivity index (χ0v) is 18.1. The summed E-state index contributed by atoms with van der Waals surface area (Å²) in [5.41, 5.74) is 5.24. The second-order valence-electron chi connectivity index (χ2n) is 8.03. The van der Waals surface area contributed by atoms with Crippen LogP contribution >= 0.6 is 0 Å². The van der Waals surface area contributed by atoms with E-state index in [4.69, 9.17) is 9.47 Å². The van der Waals surface area contributed by atoms with Crippen molar-refractivity contribution in [3.63, 3.8) is 0 Å². The lowest BCUT2D eigenvalue weighted by molar-refractivity contribution is -0.122. The lowest BCUT2D eigenvalue weighted by Gasteiger charge is -2.29. The molecule has 2 aromatic carbocycles. The molecule has 1 N–H and O–H groups in total. The highest BCUT2D eigenvalue weighted by Gasteiger charge is 2.18. The molecular weight excluding hydrogens is 364 g/mol. The van der Waals surface area contributed by atoms with Crippen molar-refractivity contribution in [3.05, 3.63) is 53.1 Å². The predicted octanol–water partition coefficient (Wildman–Crippen LogP) is 4.67. The molecule has 2 aromatic rings. The van der Waals surface area contributed by atoms with Gasteiger partial charge in [0, 0.05) is 24.5 Å². The summed E-state index contributed by atoms with van der Waals surface area (Å²) in [4.78, 5) is 15.0. The summed E-state index contributed by atoms with van der Waals surface area (Å²) in [6.45, 7) is 13.4. The summed E-state index contributed by atoms with van der Waals surface area (Å²) in [5.74, 6) is 1.02. The lowest BCUT2D eigenvalue weighted by Crippen LogP contribution is -2.36. The number of benzene rings is 2. The van der Waals surface area contributed by atoms with Crippen LogP contribution in [-0.2, 0) is 9.53 Å². The second kappa shape index (κ2) is 9.31. The van der Waals surface area contributed by atoms with Crippen LogP contribution in [0.1, 0.15) is 43.4 Å². The van der Waals surface area contributed by atoms with Crippen LogP contribution in [0, 0.1) is 13.8 Å². The quantitative estimate of drug-likeness (QED) is 0.771. The van der Waals surface area contributed by atoms with Crippen molar-refractivity contribution in [1.29, 1.82) is 0 Å². The Morgan fingerprint density at radius 3 is 2.41 bits per heavy atom. The van der Waals surface area contributed by atoms with Gasteiger partial charge in [0.25, 0.3) is 5.91 Å². The van der Waals surface area contributed by atoms with Gasteiger partial charge in [-0.2, -0.15) is 0 Å². The molecule has 1 fully saturated rings. The first-order valence-corrected chi connectivity index (χ1v) is 10.4. The Balaban J connectivity index is 1.66. The molecule has 156 valence electrons.